The van der Waals surface area contributed by atoms with Crippen molar-refractivity contribution in [2.45, 2.75) is 26.4 Å². The van der Waals surface area contributed by atoms with Crippen molar-refractivity contribution in [3.63, 3.8) is 0 Å². The molecule has 2 N–H and O–H groups in total. The smallest absolute Gasteiger partial charge is 0.412 e. The number of benzene rings is 2. The van der Waals surface area contributed by atoms with Crippen LogP contribution in [0, 0.1) is 11.6 Å². The molecule has 0 aliphatic heterocycles. The van der Waals surface area contributed by atoms with Gasteiger partial charge in [-0.05, 0) is 62.7 Å². The molecule has 0 saturated carbocycles. The first-order valence-electron chi connectivity index (χ1n) is 8.16. The van der Waals surface area contributed by atoms with Crippen LogP contribution in [0.15, 0.2) is 48.5 Å². The van der Waals surface area contributed by atoms with Crippen LogP contribution in [-0.2, 0) is 9.53 Å². The largest absolute Gasteiger partial charge is 0.444 e. The van der Waals surface area contributed by atoms with E-state index in [0.29, 0.717) is 5.56 Å². The van der Waals surface area contributed by atoms with Crippen LogP contribution in [0.4, 0.5) is 25.0 Å². The maximum Gasteiger partial charge on any atom is 0.412 e. The Bertz CT molecular complexity index is 874. The van der Waals surface area contributed by atoms with Gasteiger partial charge in [0, 0.05) is 11.8 Å². The van der Waals surface area contributed by atoms with Crippen LogP contribution in [0.25, 0.3) is 6.08 Å². The molecule has 0 radical (unpaired) electrons. The zero-order chi connectivity index (χ0) is 20.0. The highest BCUT2D eigenvalue weighted by Crippen LogP contribution is 2.20. The average Bonchev–Trinajstić information content (AvgIpc) is 2.54. The van der Waals surface area contributed by atoms with E-state index >= 15 is 0 Å². The van der Waals surface area contributed by atoms with E-state index in [0.717, 1.165) is 12.1 Å². The highest BCUT2D eigenvalue weighted by Gasteiger charge is 2.16. The molecule has 0 spiro atoms. The second-order valence-corrected chi connectivity index (χ2v) is 6.70. The molecule has 0 saturated heterocycles. The van der Waals surface area contributed by atoms with Crippen LogP contribution < -0.4 is 10.6 Å². The van der Waals surface area contributed by atoms with Crippen molar-refractivity contribution in [3.8, 4) is 0 Å². The summed E-state index contributed by atoms with van der Waals surface area (Å²) in [4.78, 5) is 23.8. The minimum Gasteiger partial charge on any atom is -0.444 e. The standard InChI is InChI=1S/C20H20F2N2O3/c1-20(2,3)27-19(26)23-15-8-9-16(22)17(12-15)24-18(25)10-7-13-5-4-6-14(21)11-13/h4-12H,1-3H3,(H,23,26)(H,24,25)/b10-7+. The Morgan fingerprint density at radius 1 is 1.04 bits per heavy atom. The number of anilines is 2. The van der Waals surface area contributed by atoms with Gasteiger partial charge in [0.15, 0.2) is 0 Å². The zero-order valence-electron chi connectivity index (χ0n) is 15.2. The lowest BCUT2D eigenvalue weighted by Gasteiger charge is -2.19. The molecule has 0 fully saturated rings. The molecule has 142 valence electrons. The number of ether oxygens (including phenoxy) is 1. The third-order valence-electron chi connectivity index (χ3n) is 3.15. The Balaban J connectivity index is 2.05. The summed E-state index contributed by atoms with van der Waals surface area (Å²) in [7, 11) is 0. The predicted octanol–water partition coefficient (Wildman–Crippen LogP) is 4.96. The van der Waals surface area contributed by atoms with Crippen LogP contribution in [0.2, 0.25) is 0 Å². The average molecular weight is 374 g/mol. The molecule has 0 aliphatic carbocycles. The van der Waals surface area contributed by atoms with E-state index in [2.05, 4.69) is 10.6 Å². The first-order chi connectivity index (χ1) is 12.6. The van der Waals surface area contributed by atoms with Crippen LogP contribution in [0.1, 0.15) is 26.3 Å². The number of hydrogen-bond acceptors (Lipinski definition) is 3. The van der Waals surface area contributed by atoms with Crippen LogP contribution in [0.3, 0.4) is 0 Å². The van der Waals surface area contributed by atoms with Gasteiger partial charge in [-0.15, -0.1) is 0 Å². The van der Waals surface area contributed by atoms with Gasteiger partial charge in [-0.2, -0.15) is 0 Å². The molecule has 2 rings (SSSR count). The van der Waals surface area contributed by atoms with E-state index in [4.69, 9.17) is 4.74 Å². The monoisotopic (exact) mass is 374 g/mol. The number of nitrogens with one attached hydrogen (secondary N) is 2. The summed E-state index contributed by atoms with van der Waals surface area (Å²) in [5, 5.41) is 4.83. The Morgan fingerprint density at radius 2 is 1.78 bits per heavy atom. The third kappa shape index (κ3) is 6.89. The van der Waals surface area contributed by atoms with E-state index in [1.165, 1.54) is 36.4 Å². The maximum absolute atomic E-state index is 13.9. The van der Waals surface area contributed by atoms with Crippen molar-refractivity contribution >= 4 is 29.5 Å². The Labute approximate surface area is 156 Å². The SMILES string of the molecule is CC(C)(C)OC(=O)Nc1ccc(F)c(NC(=O)/C=C/c2cccc(F)c2)c1. The van der Waals surface area contributed by atoms with Crippen molar-refractivity contribution in [3.05, 3.63) is 65.7 Å². The minimum atomic E-state index is -0.697. The Kier molecular flexibility index (Phi) is 6.28. The molecule has 7 heteroatoms. The maximum atomic E-state index is 13.9. The van der Waals surface area contributed by atoms with Crippen LogP contribution in [0.5, 0.6) is 0 Å². The van der Waals surface area contributed by atoms with E-state index < -0.39 is 29.2 Å². The number of carbonyl (C=O) groups excluding carboxylic acids is 2. The molecule has 0 heterocycles. The van der Waals surface area contributed by atoms with Crippen molar-refractivity contribution < 1.29 is 23.1 Å². The lowest BCUT2D eigenvalue weighted by Crippen LogP contribution is -2.27. The normalized spacial score (nSPS) is 11.3. The summed E-state index contributed by atoms with van der Waals surface area (Å²) < 4.78 is 32.2. The predicted molar refractivity (Wildman–Crippen MR) is 100 cm³/mol. The van der Waals surface area contributed by atoms with Crippen LogP contribution >= 0.6 is 0 Å². The first-order valence-corrected chi connectivity index (χ1v) is 8.16. The number of amides is 2. The molecule has 2 aromatic carbocycles. The Hall–Kier alpha value is -3.22. The summed E-state index contributed by atoms with van der Waals surface area (Å²) in [5.74, 6) is -1.70. The molecule has 0 unspecified atom stereocenters. The number of hydrogen-bond donors (Lipinski definition) is 2. The molecular formula is C20H20F2N2O3. The molecule has 2 aromatic rings. The second kappa shape index (κ2) is 8.44. The van der Waals surface area contributed by atoms with Gasteiger partial charge in [-0.1, -0.05) is 12.1 Å². The van der Waals surface area contributed by atoms with Crippen molar-refractivity contribution in [2.24, 2.45) is 0 Å². The van der Waals surface area contributed by atoms with E-state index in [1.54, 1.807) is 26.8 Å². The fraction of sp³-hybridized carbons (Fsp3) is 0.200. The van der Waals surface area contributed by atoms with E-state index in [1.807, 2.05) is 0 Å². The van der Waals surface area contributed by atoms with E-state index in [-0.39, 0.29) is 11.4 Å². The summed E-state index contributed by atoms with van der Waals surface area (Å²) in [6.07, 6.45) is 1.86. The fourth-order valence-corrected chi connectivity index (χ4v) is 2.08. The molecule has 0 bridgehead atoms. The zero-order valence-corrected chi connectivity index (χ0v) is 15.2. The number of carbonyl (C=O) groups is 2. The van der Waals surface area contributed by atoms with Crippen molar-refractivity contribution in [2.75, 3.05) is 10.6 Å². The first kappa shape index (κ1) is 20.1. The summed E-state index contributed by atoms with van der Waals surface area (Å²) in [5.41, 5.74) is -0.0402. The third-order valence-corrected chi connectivity index (χ3v) is 3.15. The minimum absolute atomic E-state index is 0.113. The second-order valence-electron chi connectivity index (χ2n) is 6.70. The topological polar surface area (TPSA) is 67.4 Å². The van der Waals surface area contributed by atoms with Crippen LogP contribution in [-0.4, -0.2) is 17.6 Å². The summed E-state index contributed by atoms with van der Waals surface area (Å²) >= 11 is 0. The Morgan fingerprint density at radius 3 is 2.44 bits per heavy atom. The quantitative estimate of drug-likeness (QED) is 0.743. The van der Waals surface area contributed by atoms with Crippen molar-refractivity contribution in [1.29, 1.82) is 0 Å². The van der Waals surface area contributed by atoms with Gasteiger partial charge in [-0.3, -0.25) is 10.1 Å². The molecule has 2 amide bonds. The van der Waals surface area contributed by atoms with E-state index in [9.17, 15) is 18.4 Å². The lowest BCUT2D eigenvalue weighted by molar-refractivity contribution is -0.111. The van der Waals surface area contributed by atoms with Gasteiger partial charge >= 0.3 is 6.09 Å². The van der Waals surface area contributed by atoms with Gasteiger partial charge in [0.2, 0.25) is 5.91 Å². The van der Waals surface area contributed by atoms with Crippen molar-refractivity contribution in [1.82, 2.24) is 0 Å². The highest BCUT2D eigenvalue weighted by atomic mass is 19.1. The molecular weight excluding hydrogens is 354 g/mol. The summed E-state index contributed by atoms with van der Waals surface area (Å²) in [6, 6.07) is 9.41. The molecule has 0 aliphatic rings. The molecule has 27 heavy (non-hydrogen) atoms. The van der Waals surface area contributed by atoms with Gasteiger partial charge in [0.25, 0.3) is 0 Å². The van der Waals surface area contributed by atoms with Gasteiger partial charge in [0.05, 0.1) is 5.69 Å². The molecule has 0 aromatic heterocycles. The lowest BCUT2D eigenvalue weighted by atomic mass is 10.2. The van der Waals surface area contributed by atoms with Gasteiger partial charge in [0.1, 0.15) is 17.2 Å². The highest BCUT2D eigenvalue weighted by molar-refractivity contribution is 6.02. The number of halogens is 2. The van der Waals surface area contributed by atoms with Gasteiger partial charge < -0.3 is 10.1 Å². The fourth-order valence-electron chi connectivity index (χ4n) is 2.08. The number of rotatable bonds is 4. The van der Waals surface area contributed by atoms with Gasteiger partial charge in [-0.25, -0.2) is 13.6 Å². The molecule has 5 nitrogen and oxygen atoms in total. The summed E-state index contributed by atoms with van der Waals surface area (Å²) in [6.45, 7) is 5.15. The molecule has 0 atom stereocenters.